The number of amides is 2. The van der Waals surface area contributed by atoms with Crippen LogP contribution < -0.4 is 25.6 Å². The van der Waals surface area contributed by atoms with Gasteiger partial charge in [-0.2, -0.15) is 0 Å². The molecule has 0 aliphatic rings. The number of thiocarbonyl (C=S) groups is 1. The van der Waals surface area contributed by atoms with Crippen molar-refractivity contribution in [3.63, 3.8) is 0 Å². The number of ether oxygens (including phenoxy) is 3. The molecule has 0 aliphatic carbocycles. The molecule has 2 aromatic carbocycles. The van der Waals surface area contributed by atoms with E-state index < -0.39 is 11.8 Å². The van der Waals surface area contributed by atoms with E-state index in [-0.39, 0.29) is 17.6 Å². The Morgan fingerprint density at radius 1 is 1.00 bits per heavy atom. The largest absolute Gasteiger partial charge is 0.491 e. The van der Waals surface area contributed by atoms with Crippen molar-refractivity contribution in [3.8, 4) is 11.5 Å². The predicted molar refractivity (Wildman–Crippen MR) is 126 cm³/mol. The van der Waals surface area contributed by atoms with Crippen molar-refractivity contribution >= 4 is 29.1 Å². The monoisotopic (exact) mass is 459 g/mol. The summed E-state index contributed by atoms with van der Waals surface area (Å²) in [4.78, 5) is 24.4. The van der Waals surface area contributed by atoms with Crippen LogP contribution in [-0.2, 0) is 9.53 Å². The van der Waals surface area contributed by atoms with E-state index in [2.05, 4.69) is 16.2 Å². The summed E-state index contributed by atoms with van der Waals surface area (Å²) in [7, 11) is 0. The van der Waals surface area contributed by atoms with Crippen molar-refractivity contribution in [1.29, 1.82) is 0 Å². The molecule has 0 aromatic heterocycles. The number of hydrazine groups is 1. The summed E-state index contributed by atoms with van der Waals surface area (Å²) < 4.78 is 16.4. The lowest BCUT2D eigenvalue weighted by Gasteiger charge is -2.14. The second-order valence-electron chi connectivity index (χ2n) is 7.01. The minimum Gasteiger partial charge on any atom is -0.491 e. The molecule has 0 saturated carbocycles. The molecule has 172 valence electrons. The van der Waals surface area contributed by atoms with Gasteiger partial charge in [-0.1, -0.05) is 38.1 Å². The van der Waals surface area contributed by atoms with Gasteiger partial charge in [0.2, 0.25) is 0 Å². The highest BCUT2D eigenvalue weighted by Gasteiger charge is 2.11. The number of benzene rings is 2. The molecule has 0 bridgehead atoms. The molecule has 3 N–H and O–H groups in total. The third kappa shape index (κ3) is 8.52. The number of hydrogen-bond donors (Lipinski definition) is 3. The highest BCUT2D eigenvalue weighted by molar-refractivity contribution is 7.80. The lowest BCUT2D eigenvalue weighted by Crippen LogP contribution is -2.49. The molecule has 0 saturated heterocycles. The summed E-state index contributed by atoms with van der Waals surface area (Å²) in [5, 5.41) is 2.45. The Hall–Kier alpha value is -3.17. The van der Waals surface area contributed by atoms with Crippen LogP contribution in [0.4, 0.5) is 0 Å². The Labute approximate surface area is 193 Å². The number of carbonyl (C=O) groups excluding carboxylic acids is 2. The summed E-state index contributed by atoms with van der Waals surface area (Å²) in [6, 6.07) is 14.2. The third-order valence-corrected chi connectivity index (χ3v) is 4.44. The third-order valence-electron chi connectivity index (χ3n) is 4.24. The van der Waals surface area contributed by atoms with Crippen LogP contribution in [0.3, 0.4) is 0 Å². The molecule has 2 aromatic rings. The molecule has 0 spiro atoms. The smallest absolute Gasteiger partial charge is 0.276 e. The number of carbonyl (C=O) groups is 2. The second-order valence-corrected chi connectivity index (χ2v) is 7.42. The highest BCUT2D eigenvalue weighted by atomic mass is 32.1. The lowest BCUT2D eigenvalue weighted by molar-refractivity contribution is -0.123. The van der Waals surface area contributed by atoms with Crippen LogP contribution in [0.5, 0.6) is 11.5 Å². The van der Waals surface area contributed by atoms with Crippen LogP contribution in [0, 0.1) is 0 Å². The zero-order chi connectivity index (χ0) is 23.3. The SMILES string of the molecule is CCOCCOc1cccc(C(=O)NC(=S)NNC(=O)COc2ccccc2C(C)C)c1. The average Bonchev–Trinajstić information content (AvgIpc) is 2.79. The summed E-state index contributed by atoms with van der Waals surface area (Å²) in [5.41, 5.74) is 6.27. The fourth-order valence-electron chi connectivity index (χ4n) is 2.69. The molecule has 2 amide bonds. The predicted octanol–water partition coefficient (Wildman–Crippen LogP) is 2.94. The van der Waals surface area contributed by atoms with Gasteiger partial charge in [0.25, 0.3) is 11.8 Å². The molecule has 0 heterocycles. The number of para-hydroxylation sites is 1. The van der Waals surface area contributed by atoms with Gasteiger partial charge in [-0.15, -0.1) is 0 Å². The van der Waals surface area contributed by atoms with Gasteiger partial charge in [-0.25, -0.2) is 0 Å². The van der Waals surface area contributed by atoms with Crippen LogP contribution in [0.25, 0.3) is 0 Å². The van der Waals surface area contributed by atoms with Gasteiger partial charge >= 0.3 is 0 Å². The normalized spacial score (nSPS) is 10.4. The molecule has 9 heteroatoms. The standard InChI is InChI=1S/C23H29N3O5S/c1-4-29-12-13-30-18-9-7-8-17(14-18)22(28)24-23(32)26-25-21(27)15-31-20-11-6-5-10-19(20)16(2)3/h5-11,14,16H,4,12-13,15H2,1-3H3,(H,25,27)(H2,24,26,28,32). The second kappa shape index (κ2) is 13.3. The van der Waals surface area contributed by atoms with E-state index >= 15 is 0 Å². The van der Waals surface area contributed by atoms with E-state index in [1.807, 2.05) is 45.0 Å². The Bertz CT molecular complexity index is 920. The Morgan fingerprint density at radius 2 is 1.78 bits per heavy atom. The first-order valence-electron chi connectivity index (χ1n) is 10.3. The maximum absolute atomic E-state index is 12.4. The molecule has 32 heavy (non-hydrogen) atoms. The van der Waals surface area contributed by atoms with Crippen molar-refractivity contribution in [2.75, 3.05) is 26.4 Å². The molecular weight excluding hydrogens is 430 g/mol. The average molecular weight is 460 g/mol. The van der Waals surface area contributed by atoms with E-state index in [1.165, 1.54) is 0 Å². The summed E-state index contributed by atoms with van der Waals surface area (Å²) in [6.07, 6.45) is 0. The summed E-state index contributed by atoms with van der Waals surface area (Å²) >= 11 is 5.07. The molecule has 0 atom stereocenters. The van der Waals surface area contributed by atoms with Gasteiger partial charge < -0.3 is 14.2 Å². The first-order valence-corrected chi connectivity index (χ1v) is 10.7. The molecule has 0 radical (unpaired) electrons. The quantitative estimate of drug-likeness (QED) is 0.285. The van der Waals surface area contributed by atoms with E-state index in [1.54, 1.807) is 24.3 Å². The van der Waals surface area contributed by atoms with Gasteiger partial charge in [-0.3, -0.25) is 25.8 Å². The minimum atomic E-state index is -0.440. The van der Waals surface area contributed by atoms with Crippen LogP contribution >= 0.6 is 12.2 Å². The van der Waals surface area contributed by atoms with E-state index in [4.69, 9.17) is 26.4 Å². The molecule has 0 unspecified atom stereocenters. The van der Waals surface area contributed by atoms with E-state index in [9.17, 15) is 9.59 Å². The maximum Gasteiger partial charge on any atom is 0.276 e. The van der Waals surface area contributed by atoms with Crippen molar-refractivity contribution in [3.05, 3.63) is 59.7 Å². The zero-order valence-electron chi connectivity index (χ0n) is 18.5. The summed E-state index contributed by atoms with van der Waals surface area (Å²) in [5.74, 6) is 0.586. The minimum absolute atomic E-state index is 0.0476. The Balaban J connectivity index is 1.76. The van der Waals surface area contributed by atoms with Crippen LogP contribution in [0.15, 0.2) is 48.5 Å². The number of hydrogen-bond acceptors (Lipinski definition) is 6. The lowest BCUT2D eigenvalue weighted by atomic mass is 10.0. The number of rotatable bonds is 10. The first kappa shape index (κ1) is 25.1. The van der Waals surface area contributed by atoms with Gasteiger partial charge in [0, 0.05) is 12.2 Å². The van der Waals surface area contributed by atoms with Crippen molar-refractivity contribution in [2.24, 2.45) is 0 Å². The zero-order valence-corrected chi connectivity index (χ0v) is 19.3. The van der Waals surface area contributed by atoms with Crippen LogP contribution in [0.1, 0.15) is 42.6 Å². The maximum atomic E-state index is 12.4. The van der Waals surface area contributed by atoms with E-state index in [0.717, 1.165) is 5.56 Å². The molecule has 8 nitrogen and oxygen atoms in total. The van der Waals surface area contributed by atoms with Gasteiger partial charge in [0.05, 0.1) is 6.61 Å². The topological polar surface area (TPSA) is 97.9 Å². The molecule has 0 fully saturated rings. The highest BCUT2D eigenvalue weighted by Crippen LogP contribution is 2.25. The van der Waals surface area contributed by atoms with Crippen molar-refractivity contribution in [1.82, 2.24) is 16.2 Å². The van der Waals surface area contributed by atoms with Crippen LogP contribution in [0.2, 0.25) is 0 Å². The molecule has 2 rings (SSSR count). The van der Waals surface area contributed by atoms with E-state index in [0.29, 0.717) is 36.9 Å². The fraction of sp³-hybridized carbons (Fsp3) is 0.348. The number of nitrogens with one attached hydrogen (secondary N) is 3. The Morgan fingerprint density at radius 3 is 2.53 bits per heavy atom. The van der Waals surface area contributed by atoms with Crippen molar-refractivity contribution < 1.29 is 23.8 Å². The van der Waals surface area contributed by atoms with Gasteiger partial charge in [0.1, 0.15) is 18.1 Å². The van der Waals surface area contributed by atoms with Crippen molar-refractivity contribution in [2.45, 2.75) is 26.7 Å². The Kier molecular flexibility index (Phi) is 10.4. The van der Waals surface area contributed by atoms with Crippen LogP contribution in [-0.4, -0.2) is 43.4 Å². The van der Waals surface area contributed by atoms with Gasteiger partial charge in [-0.05, 0) is 54.9 Å². The first-order chi connectivity index (χ1) is 15.4. The van der Waals surface area contributed by atoms with Gasteiger partial charge in [0.15, 0.2) is 11.7 Å². The molecule has 0 aliphatic heterocycles. The molecular formula is C23H29N3O5S. The summed E-state index contributed by atoms with van der Waals surface area (Å²) in [6.45, 7) is 7.27. The fourth-order valence-corrected chi connectivity index (χ4v) is 2.83.